The van der Waals surface area contributed by atoms with Gasteiger partial charge in [-0.25, -0.2) is 9.78 Å². The number of carbonyl (C=O) groups excluding carboxylic acids is 1. The number of carbonyl (C=O) groups is 1. The van der Waals surface area contributed by atoms with Crippen molar-refractivity contribution in [3.63, 3.8) is 0 Å². The lowest BCUT2D eigenvalue weighted by Crippen LogP contribution is -2.23. The fraction of sp³-hybridized carbons (Fsp3) is 0.438. The van der Waals surface area contributed by atoms with Gasteiger partial charge in [-0.3, -0.25) is 4.79 Å². The maximum atomic E-state index is 12.6. The molecule has 2 aromatic rings. The first-order valence-corrected chi connectivity index (χ1v) is 8.46. The van der Waals surface area contributed by atoms with Crippen LogP contribution in [-0.2, 0) is 11.3 Å². The zero-order chi connectivity index (χ0) is 16.4. The fourth-order valence-electron chi connectivity index (χ4n) is 2.92. The van der Waals surface area contributed by atoms with Gasteiger partial charge in [0.1, 0.15) is 10.2 Å². The molecular formula is C16H18BrN3O3. The van der Waals surface area contributed by atoms with Crippen molar-refractivity contribution in [3.8, 4) is 0 Å². The van der Waals surface area contributed by atoms with E-state index in [0.717, 1.165) is 31.6 Å². The standard InChI is InChI=1S/C16H18BrN3O3/c1-2-23-16(22)12-9-20(8-10-3-4-18-6-10)13-7-19-14(17)5-11(13)15(12)21/h5,7,9-10,18H,2-4,6,8H2,1H3/t10-/m1/s1. The van der Waals surface area contributed by atoms with Gasteiger partial charge in [-0.15, -0.1) is 0 Å². The SMILES string of the molecule is CCOC(=O)c1cn(C[C@@H]2CCNC2)c2cnc(Br)cc2c1=O. The van der Waals surface area contributed by atoms with E-state index in [1.807, 2.05) is 4.57 Å². The molecule has 0 spiro atoms. The van der Waals surface area contributed by atoms with Gasteiger partial charge >= 0.3 is 5.97 Å². The van der Waals surface area contributed by atoms with Crippen LogP contribution >= 0.6 is 15.9 Å². The predicted molar refractivity (Wildman–Crippen MR) is 90.6 cm³/mol. The third-order valence-corrected chi connectivity index (χ3v) is 4.48. The molecule has 1 atom stereocenters. The molecule has 0 aromatic carbocycles. The minimum Gasteiger partial charge on any atom is -0.462 e. The smallest absolute Gasteiger partial charge is 0.343 e. The van der Waals surface area contributed by atoms with Crippen LogP contribution in [0.1, 0.15) is 23.7 Å². The number of pyridine rings is 2. The lowest BCUT2D eigenvalue weighted by Gasteiger charge is -2.16. The number of esters is 1. The summed E-state index contributed by atoms with van der Waals surface area (Å²) in [4.78, 5) is 28.9. The molecule has 3 rings (SSSR count). The van der Waals surface area contributed by atoms with E-state index in [-0.39, 0.29) is 17.6 Å². The van der Waals surface area contributed by atoms with Crippen molar-refractivity contribution in [1.29, 1.82) is 0 Å². The summed E-state index contributed by atoms with van der Waals surface area (Å²) in [5.74, 6) is -0.106. The van der Waals surface area contributed by atoms with E-state index < -0.39 is 5.97 Å². The predicted octanol–water partition coefficient (Wildman–Crippen LogP) is 1.95. The number of hydrogen-bond donors (Lipinski definition) is 1. The molecule has 3 heterocycles. The van der Waals surface area contributed by atoms with Crippen LogP contribution in [0.3, 0.4) is 0 Å². The Hall–Kier alpha value is -1.73. The average Bonchev–Trinajstić information content (AvgIpc) is 3.03. The average molecular weight is 380 g/mol. The topological polar surface area (TPSA) is 73.2 Å². The first-order chi connectivity index (χ1) is 11.1. The summed E-state index contributed by atoms with van der Waals surface area (Å²) < 4.78 is 7.53. The van der Waals surface area contributed by atoms with Gasteiger partial charge in [0.15, 0.2) is 0 Å². The largest absolute Gasteiger partial charge is 0.462 e. The van der Waals surface area contributed by atoms with Gasteiger partial charge in [0.25, 0.3) is 0 Å². The quantitative estimate of drug-likeness (QED) is 0.649. The lowest BCUT2D eigenvalue weighted by molar-refractivity contribution is 0.0524. The number of rotatable bonds is 4. The van der Waals surface area contributed by atoms with Gasteiger partial charge in [0.05, 0.1) is 23.7 Å². The van der Waals surface area contributed by atoms with E-state index >= 15 is 0 Å². The second-order valence-corrected chi connectivity index (χ2v) is 6.44. The third-order valence-electron chi connectivity index (χ3n) is 4.05. The zero-order valence-electron chi connectivity index (χ0n) is 12.8. The number of fused-ring (bicyclic) bond motifs is 1. The number of ether oxygens (including phenoxy) is 1. The van der Waals surface area contributed by atoms with Crippen LogP contribution < -0.4 is 10.7 Å². The van der Waals surface area contributed by atoms with Crippen LogP contribution in [-0.4, -0.2) is 35.2 Å². The highest BCUT2D eigenvalue weighted by molar-refractivity contribution is 9.10. The van der Waals surface area contributed by atoms with Gasteiger partial charge in [0.2, 0.25) is 5.43 Å². The van der Waals surface area contributed by atoms with Crippen molar-refractivity contribution in [2.75, 3.05) is 19.7 Å². The van der Waals surface area contributed by atoms with Crippen molar-refractivity contribution in [3.05, 3.63) is 38.9 Å². The van der Waals surface area contributed by atoms with Gasteiger partial charge < -0.3 is 14.6 Å². The van der Waals surface area contributed by atoms with Crippen molar-refractivity contribution >= 4 is 32.8 Å². The minimum atomic E-state index is -0.578. The Labute approximate surface area is 142 Å². The van der Waals surface area contributed by atoms with Crippen LogP contribution in [0.5, 0.6) is 0 Å². The van der Waals surface area contributed by atoms with E-state index in [0.29, 0.717) is 15.9 Å². The molecule has 0 radical (unpaired) electrons. The molecule has 0 aliphatic carbocycles. The molecule has 2 aromatic heterocycles. The Bertz CT molecular complexity index is 797. The second kappa shape index (κ2) is 6.80. The van der Waals surface area contributed by atoms with E-state index in [4.69, 9.17) is 4.74 Å². The number of hydrogen-bond acceptors (Lipinski definition) is 5. The van der Waals surface area contributed by atoms with Gasteiger partial charge in [-0.1, -0.05) is 0 Å². The Morgan fingerprint density at radius 1 is 1.57 bits per heavy atom. The van der Waals surface area contributed by atoms with E-state index in [2.05, 4.69) is 26.2 Å². The summed E-state index contributed by atoms with van der Waals surface area (Å²) in [5.41, 5.74) is 0.490. The lowest BCUT2D eigenvalue weighted by atomic mass is 10.1. The fourth-order valence-corrected chi connectivity index (χ4v) is 3.25. The van der Waals surface area contributed by atoms with Gasteiger partial charge in [0, 0.05) is 12.7 Å². The summed E-state index contributed by atoms with van der Waals surface area (Å²) >= 11 is 3.29. The summed E-state index contributed by atoms with van der Waals surface area (Å²) in [6, 6.07) is 1.66. The molecule has 0 saturated carbocycles. The summed E-state index contributed by atoms with van der Waals surface area (Å²) in [6.07, 6.45) is 4.35. The van der Waals surface area contributed by atoms with Crippen LogP contribution in [0.2, 0.25) is 0 Å². The van der Waals surface area contributed by atoms with Crippen LogP contribution in [0.4, 0.5) is 0 Å². The van der Waals surface area contributed by atoms with Crippen LogP contribution in [0, 0.1) is 5.92 Å². The van der Waals surface area contributed by atoms with Crippen molar-refractivity contribution < 1.29 is 9.53 Å². The van der Waals surface area contributed by atoms with Crippen molar-refractivity contribution in [2.24, 2.45) is 5.92 Å². The summed E-state index contributed by atoms with van der Waals surface area (Å²) in [7, 11) is 0. The molecule has 0 unspecified atom stereocenters. The first-order valence-electron chi connectivity index (χ1n) is 7.66. The number of nitrogens with zero attached hydrogens (tertiary/aromatic N) is 2. The third kappa shape index (κ3) is 3.30. The van der Waals surface area contributed by atoms with E-state index in [9.17, 15) is 9.59 Å². The Kier molecular flexibility index (Phi) is 4.77. The molecule has 6 nitrogen and oxygen atoms in total. The maximum absolute atomic E-state index is 12.6. The normalized spacial score (nSPS) is 17.6. The van der Waals surface area contributed by atoms with Crippen LogP contribution in [0.25, 0.3) is 10.9 Å². The molecule has 23 heavy (non-hydrogen) atoms. The molecule has 1 N–H and O–H groups in total. The highest BCUT2D eigenvalue weighted by Gasteiger charge is 2.20. The molecule has 122 valence electrons. The molecule has 1 aliphatic heterocycles. The van der Waals surface area contributed by atoms with Gasteiger partial charge in [-0.05, 0) is 54.3 Å². The molecule has 0 bridgehead atoms. The molecule has 0 amide bonds. The second-order valence-electron chi connectivity index (χ2n) is 5.63. The van der Waals surface area contributed by atoms with E-state index in [1.54, 1.807) is 25.4 Å². The van der Waals surface area contributed by atoms with Crippen molar-refractivity contribution in [1.82, 2.24) is 14.9 Å². The molecule has 1 saturated heterocycles. The Morgan fingerprint density at radius 2 is 2.39 bits per heavy atom. The Morgan fingerprint density at radius 3 is 3.09 bits per heavy atom. The molecule has 1 aliphatic rings. The van der Waals surface area contributed by atoms with Crippen LogP contribution in [0.15, 0.2) is 27.9 Å². The molecule has 1 fully saturated rings. The Balaban J connectivity index is 2.14. The van der Waals surface area contributed by atoms with E-state index in [1.165, 1.54) is 0 Å². The molecule has 7 heteroatoms. The van der Waals surface area contributed by atoms with Gasteiger partial charge in [-0.2, -0.15) is 0 Å². The summed E-state index contributed by atoms with van der Waals surface area (Å²) in [6.45, 7) is 4.63. The van der Waals surface area contributed by atoms with Crippen molar-refractivity contribution in [2.45, 2.75) is 19.9 Å². The monoisotopic (exact) mass is 379 g/mol. The highest BCUT2D eigenvalue weighted by atomic mass is 79.9. The number of halogens is 1. The number of nitrogens with one attached hydrogen (secondary N) is 1. The highest BCUT2D eigenvalue weighted by Crippen LogP contribution is 2.19. The maximum Gasteiger partial charge on any atom is 0.343 e. The minimum absolute atomic E-state index is 0.0726. The zero-order valence-corrected chi connectivity index (χ0v) is 14.4. The first kappa shape index (κ1) is 16.1. The molecular weight excluding hydrogens is 362 g/mol. The summed E-state index contributed by atoms with van der Waals surface area (Å²) in [5, 5.41) is 3.80. The number of aromatic nitrogens is 2.